The van der Waals surface area contributed by atoms with Gasteiger partial charge in [-0.1, -0.05) is 6.92 Å². The zero-order valence-corrected chi connectivity index (χ0v) is 5.33. The standard InChI is InChI=1S/C4H10O2.CH4O/c1-4(2-5)3-6;1-2/h4-6H,2-3H2,1H3;2H,1H3. The molecule has 52 valence electrons. The highest BCUT2D eigenvalue weighted by Gasteiger charge is 1.91. The molecule has 0 radical (unpaired) electrons. The molecule has 0 aromatic heterocycles. The van der Waals surface area contributed by atoms with Crippen molar-refractivity contribution in [1.29, 1.82) is 0 Å². The molecule has 0 bridgehead atoms. The van der Waals surface area contributed by atoms with Crippen molar-refractivity contribution in [1.82, 2.24) is 0 Å². The van der Waals surface area contributed by atoms with Crippen LogP contribution in [0.1, 0.15) is 6.92 Å². The molecule has 0 aromatic rings. The zero-order valence-electron chi connectivity index (χ0n) is 5.33. The highest BCUT2D eigenvalue weighted by molar-refractivity contribution is 4.41. The van der Waals surface area contributed by atoms with Crippen molar-refractivity contribution < 1.29 is 15.3 Å². The molecule has 0 aliphatic heterocycles. The van der Waals surface area contributed by atoms with E-state index in [4.69, 9.17) is 15.3 Å². The first-order chi connectivity index (χ1) is 3.81. The molecule has 3 heteroatoms. The molecule has 0 aromatic carbocycles. The van der Waals surface area contributed by atoms with Crippen LogP contribution in [-0.2, 0) is 0 Å². The molecular weight excluding hydrogens is 108 g/mol. The van der Waals surface area contributed by atoms with Gasteiger partial charge in [0.05, 0.1) is 0 Å². The van der Waals surface area contributed by atoms with Crippen LogP contribution in [0.2, 0.25) is 0 Å². The third-order valence-electron chi connectivity index (χ3n) is 0.623. The lowest BCUT2D eigenvalue weighted by Gasteiger charge is -1.97. The molecule has 3 nitrogen and oxygen atoms in total. The highest BCUT2D eigenvalue weighted by atomic mass is 16.3. The van der Waals surface area contributed by atoms with Gasteiger partial charge in [0.25, 0.3) is 0 Å². The first-order valence-corrected chi connectivity index (χ1v) is 2.47. The summed E-state index contributed by atoms with van der Waals surface area (Å²) < 4.78 is 0. The van der Waals surface area contributed by atoms with Crippen LogP contribution in [0, 0.1) is 5.92 Å². The summed E-state index contributed by atoms with van der Waals surface area (Å²) in [5.74, 6) is 0.0463. The monoisotopic (exact) mass is 122 g/mol. The molecule has 3 N–H and O–H groups in total. The molecule has 0 spiro atoms. The molecule has 8 heavy (non-hydrogen) atoms. The van der Waals surface area contributed by atoms with Crippen molar-refractivity contribution in [3.8, 4) is 0 Å². The van der Waals surface area contributed by atoms with Gasteiger partial charge in [0.15, 0.2) is 0 Å². The third-order valence-corrected chi connectivity index (χ3v) is 0.623. The second-order valence-electron chi connectivity index (χ2n) is 1.47. The fourth-order valence-electron chi connectivity index (χ4n) is 0.0577. The van der Waals surface area contributed by atoms with Gasteiger partial charge in [-0.2, -0.15) is 0 Å². The van der Waals surface area contributed by atoms with Gasteiger partial charge in [0.2, 0.25) is 0 Å². The molecular formula is C5H14O3. The Balaban J connectivity index is 0. The van der Waals surface area contributed by atoms with Gasteiger partial charge >= 0.3 is 0 Å². The van der Waals surface area contributed by atoms with E-state index in [1.807, 2.05) is 0 Å². The van der Waals surface area contributed by atoms with Crippen molar-refractivity contribution in [2.75, 3.05) is 20.3 Å². The van der Waals surface area contributed by atoms with Crippen LogP contribution in [0.4, 0.5) is 0 Å². The number of rotatable bonds is 2. The van der Waals surface area contributed by atoms with E-state index in [2.05, 4.69) is 0 Å². The van der Waals surface area contributed by atoms with Crippen LogP contribution >= 0.6 is 0 Å². The van der Waals surface area contributed by atoms with Gasteiger partial charge in [0.1, 0.15) is 0 Å². The van der Waals surface area contributed by atoms with Gasteiger partial charge in [-0.3, -0.25) is 0 Å². The van der Waals surface area contributed by atoms with Crippen LogP contribution in [0.25, 0.3) is 0 Å². The Labute approximate surface area is 49.6 Å². The van der Waals surface area contributed by atoms with Crippen molar-refractivity contribution in [2.24, 2.45) is 5.92 Å². The second-order valence-corrected chi connectivity index (χ2v) is 1.47. The Kier molecular flexibility index (Phi) is 13.5. The molecule has 0 unspecified atom stereocenters. The van der Waals surface area contributed by atoms with E-state index < -0.39 is 0 Å². The summed E-state index contributed by atoms with van der Waals surface area (Å²) in [6.07, 6.45) is 0. The lowest BCUT2D eigenvalue weighted by molar-refractivity contribution is 0.162. The Morgan fingerprint density at radius 3 is 1.38 bits per heavy atom. The van der Waals surface area contributed by atoms with Gasteiger partial charge in [-0.05, 0) is 0 Å². The van der Waals surface area contributed by atoms with E-state index in [0.717, 1.165) is 7.11 Å². The number of aliphatic hydroxyl groups excluding tert-OH is 3. The minimum atomic E-state index is 0.0463. The van der Waals surface area contributed by atoms with Crippen LogP contribution in [0.15, 0.2) is 0 Å². The predicted molar refractivity (Wildman–Crippen MR) is 31.5 cm³/mol. The van der Waals surface area contributed by atoms with Gasteiger partial charge in [-0.15, -0.1) is 0 Å². The molecule has 0 rings (SSSR count). The summed E-state index contributed by atoms with van der Waals surface area (Å²) in [5.41, 5.74) is 0. The van der Waals surface area contributed by atoms with E-state index >= 15 is 0 Å². The first-order valence-electron chi connectivity index (χ1n) is 2.47. The molecule has 0 amide bonds. The van der Waals surface area contributed by atoms with Crippen molar-refractivity contribution in [3.63, 3.8) is 0 Å². The molecule has 0 saturated carbocycles. The molecule has 0 fully saturated rings. The Bertz CT molecular complexity index is 26.9. The van der Waals surface area contributed by atoms with Crippen molar-refractivity contribution in [3.05, 3.63) is 0 Å². The third kappa shape index (κ3) is 9.30. The van der Waals surface area contributed by atoms with Gasteiger partial charge in [-0.25, -0.2) is 0 Å². The molecule has 0 aliphatic rings. The topological polar surface area (TPSA) is 60.7 Å². The quantitative estimate of drug-likeness (QED) is 0.450. The lowest BCUT2D eigenvalue weighted by atomic mass is 10.2. The summed E-state index contributed by atoms with van der Waals surface area (Å²) in [4.78, 5) is 0. The SMILES string of the molecule is CC(CO)CO.CO. The van der Waals surface area contributed by atoms with E-state index in [1.54, 1.807) is 6.92 Å². The maximum atomic E-state index is 8.17. The highest BCUT2D eigenvalue weighted by Crippen LogP contribution is 1.85. The minimum Gasteiger partial charge on any atom is -0.400 e. The molecule has 0 atom stereocenters. The summed E-state index contributed by atoms with van der Waals surface area (Å²) in [6, 6.07) is 0. The molecule has 0 heterocycles. The molecule has 0 aliphatic carbocycles. The average Bonchev–Trinajstić information content (AvgIpc) is 1.91. The smallest absolute Gasteiger partial charge is 0.0478 e. The maximum absolute atomic E-state index is 8.17. The van der Waals surface area contributed by atoms with Crippen molar-refractivity contribution >= 4 is 0 Å². The lowest BCUT2D eigenvalue weighted by Crippen LogP contribution is -2.04. The summed E-state index contributed by atoms with van der Waals surface area (Å²) >= 11 is 0. The fraction of sp³-hybridized carbons (Fsp3) is 1.00. The molecule has 0 saturated heterocycles. The van der Waals surface area contributed by atoms with Gasteiger partial charge < -0.3 is 15.3 Å². The van der Waals surface area contributed by atoms with Crippen molar-refractivity contribution in [2.45, 2.75) is 6.92 Å². The zero-order chi connectivity index (χ0) is 6.99. The summed E-state index contributed by atoms with van der Waals surface area (Å²) in [5, 5.41) is 23.3. The Hall–Kier alpha value is -0.120. The largest absolute Gasteiger partial charge is 0.400 e. The number of aliphatic hydroxyl groups is 3. The van der Waals surface area contributed by atoms with Crippen LogP contribution < -0.4 is 0 Å². The van der Waals surface area contributed by atoms with E-state index in [-0.39, 0.29) is 19.1 Å². The van der Waals surface area contributed by atoms with E-state index in [1.165, 1.54) is 0 Å². The van der Waals surface area contributed by atoms with Crippen LogP contribution in [0.5, 0.6) is 0 Å². The fourth-order valence-corrected chi connectivity index (χ4v) is 0.0577. The normalized spacial score (nSPS) is 8.25. The van der Waals surface area contributed by atoms with Crippen LogP contribution in [0.3, 0.4) is 0 Å². The van der Waals surface area contributed by atoms with Crippen LogP contribution in [-0.4, -0.2) is 35.6 Å². The predicted octanol–water partition coefficient (Wildman–Crippen LogP) is -0.784. The summed E-state index contributed by atoms with van der Waals surface area (Å²) in [7, 11) is 1.00. The summed E-state index contributed by atoms with van der Waals surface area (Å²) in [6.45, 7) is 1.94. The Morgan fingerprint density at radius 1 is 1.12 bits per heavy atom. The van der Waals surface area contributed by atoms with Gasteiger partial charge in [0, 0.05) is 26.2 Å². The van der Waals surface area contributed by atoms with E-state index in [0.29, 0.717) is 0 Å². The number of hydrogen-bond donors (Lipinski definition) is 3. The maximum Gasteiger partial charge on any atom is 0.0478 e. The first kappa shape index (κ1) is 10.8. The average molecular weight is 122 g/mol. The minimum absolute atomic E-state index is 0.0463. The second kappa shape index (κ2) is 9.99. The Morgan fingerprint density at radius 2 is 1.38 bits per heavy atom. The van der Waals surface area contributed by atoms with E-state index in [9.17, 15) is 0 Å². The number of hydrogen-bond acceptors (Lipinski definition) is 3.